The molecule has 1 aliphatic heterocycles. The van der Waals surface area contributed by atoms with Crippen LogP contribution in [0.15, 0.2) is 0 Å². The summed E-state index contributed by atoms with van der Waals surface area (Å²) in [7, 11) is 0. The first-order chi connectivity index (χ1) is 3.30. The van der Waals surface area contributed by atoms with E-state index in [4.69, 9.17) is 5.11 Å². The molecule has 0 aliphatic carbocycles. The Bertz CT molecular complexity index is 84.9. The minimum absolute atomic E-state index is 0.108. The molecule has 0 aromatic rings. The van der Waals surface area contributed by atoms with Gasteiger partial charge in [-0.3, -0.25) is 0 Å². The van der Waals surface area contributed by atoms with E-state index in [1.165, 1.54) is 0 Å². The lowest BCUT2D eigenvalue weighted by molar-refractivity contribution is -0.311. The first kappa shape index (κ1) is 4.55. The molecule has 1 N–H and O–H groups in total. The Kier molecular flexibility index (Phi) is 0.958. The van der Waals surface area contributed by atoms with Gasteiger partial charge in [-0.05, 0) is 0 Å². The predicted molar refractivity (Wildman–Crippen MR) is 18.5 cm³/mol. The number of aliphatic carboxylic acids is 1. The first-order valence-corrected chi connectivity index (χ1v) is 1.77. The molecule has 4 heteroatoms. The molecule has 4 nitrogen and oxygen atoms in total. The number of hydrogen-bond acceptors (Lipinski definition) is 3. The number of carbonyl (C=O) groups is 1. The molecule has 0 amide bonds. The Morgan fingerprint density at radius 3 is 2.29 bits per heavy atom. The van der Waals surface area contributed by atoms with Gasteiger partial charge in [-0.15, -0.1) is 0 Å². The van der Waals surface area contributed by atoms with Crippen LogP contribution in [0.3, 0.4) is 0 Å². The molecular formula is C3H4O4. The SMILES string of the molecule is O=C(O)C1OCO1. The first-order valence-electron chi connectivity index (χ1n) is 1.77. The summed E-state index contributed by atoms with van der Waals surface area (Å²) in [4.78, 5) is 9.73. The van der Waals surface area contributed by atoms with Gasteiger partial charge in [0, 0.05) is 0 Å². The normalized spacial score (nSPS) is 21.1. The second kappa shape index (κ2) is 1.48. The van der Waals surface area contributed by atoms with Crippen molar-refractivity contribution in [3.63, 3.8) is 0 Å². The predicted octanol–water partition coefficient (Wildman–Crippen LogP) is -0.599. The van der Waals surface area contributed by atoms with E-state index in [0.717, 1.165) is 0 Å². The molecule has 1 saturated heterocycles. The molecule has 1 fully saturated rings. The van der Waals surface area contributed by atoms with E-state index in [2.05, 4.69) is 9.47 Å². The lowest BCUT2D eigenvalue weighted by Crippen LogP contribution is -2.37. The van der Waals surface area contributed by atoms with Crippen LogP contribution < -0.4 is 0 Å². The summed E-state index contributed by atoms with van der Waals surface area (Å²) < 4.78 is 8.74. The van der Waals surface area contributed by atoms with Gasteiger partial charge in [-0.25, -0.2) is 4.79 Å². The lowest BCUT2D eigenvalue weighted by Gasteiger charge is -2.21. The zero-order valence-corrected chi connectivity index (χ0v) is 3.46. The Hall–Kier alpha value is -0.610. The van der Waals surface area contributed by atoms with Crippen LogP contribution in [0.5, 0.6) is 0 Å². The van der Waals surface area contributed by atoms with Gasteiger partial charge in [0.2, 0.25) is 0 Å². The summed E-state index contributed by atoms with van der Waals surface area (Å²) in [5.74, 6) is -1.06. The van der Waals surface area contributed by atoms with E-state index in [1.807, 2.05) is 0 Å². The van der Waals surface area contributed by atoms with Gasteiger partial charge in [0.25, 0.3) is 6.29 Å². The van der Waals surface area contributed by atoms with E-state index >= 15 is 0 Å². The highest BCUT2D eigenvalue weighted by molar-refractivity contribution is 5.71. The maximum atomic E-state index is 9.73. The molecule has 0 unspecified atom stereocenters. The number of ether oxygens (including phenoxy) is 2. The van der Waals surface area contributed by atoms with Crippen LogP contribution in [-0.4, -0.2) is 24.2 Å². The van der Waals surface area contributed by atoms with Crippen LogP contribution in [0.4, 0.5) is 0 Å². The summed E-state index contributed by atoms with van der Waals surface area (Å²) in [6.45, 7) is 0.108. The van der Waals surface area contributed by atoms with Crippen molar-refractivity contribution in [3.8, 4) is 0 Å². The number of hydrogen-bond donors (Lipinski definition) is 1. The standard InChI is InChI=1S/C3H4O4/c4-2(5)3-6-1-7-3/h3H,1H2,(H,4,5). The Labute approximate surface area is 39.6 Å². The molecule has 40 valence electrons. The Morgan fingerprint density at radius 1 is 1.71 bits per heavy atom. The smallest absolute Gasteiger partial charge is 0.361 e. The second-order valence-corrected chi connectivity index (χ2v) is 1.12. The van der Waals surface area contributed by atoms with Gasteiger partial charge in [0.15, 0.2) is 6.79 Å². The van der Waals surface area contributed by atoms with E-state index < -0.39 is 12.3 Å². The summed E-state index contributed by atoms with van der Waals surface area (Å²) in [6, 6.07) is 0. The van der Waals surface area contributed by atoms with Gasteiger partial charge >= 0.3 is 5.97 Å². The molecule has 1 rings (SSSR count). The van der Waals surface area contributed by atoms with E-state index in [0.29, 0.717) is 0 Å². The summed E-state index contributed by atoms with van der Waals surface area (Å²) in [5.41, 5.74) is 0. The van der Waals surface area contributed by atoms with Crippen molar-refractivity contribution in [2.24, 2.45) is 0 Å². The minimum Gasteiger partial charge on any atom is -0.477 e. The van der Waals surface area contributed by atoms with E-state index in [-0.39, 0.29) is 6.79 Å². The second-order valence-electron chi connectivity index (χ2n) is 1.12. The zero-order chi connectivity index (χ0) is 5.28. The topological polar surface area (TPSA) is 55.8 Å². The van der Waals surface area contributed by atoms with Gasteiger partial charge < -0.3 is 14.6 Å². The maximum Gasteiger partial charge on any atom is 0.361 e. The average Bonchev–Trinajstić information content (AvgIpc) is 1.23. The fraction of sp³-hybridized carbons (Fsp3) is 0.667. The van der Waals surface area contributed by atoms with Gasteiger partial charge in [-0.2, -0.15) is 0 Å². The van der Waals surface area contributed by atoms with E-state index in [1.54, 1.807) is 0 Å². The molecule has 0 radical (unpaired) electrons. The number of rotatable bonds is 1. The molecule has 0 aromatic carbocycles. The molecule has 1 aliphatic rings. The molecule has 0 aromatic heterocycles. The van der Waals surface area contributed by atoms with Crippen molar-refractivity contribution in [2.45, 2.75) is 6.29 Å². The van der Waals surface area contributed by atoms with Crippen LogP contribution in [0.2, 0.25) is 0 Å². The van der Waals surface area contributed by atoms with Crippen molar-refractivity contribution in [1.82, 2.24) is 0 Å². The molecular weight excluding hydrogens is 100 g/mol. The third kappa shape index (κ3) is 0.703. The van der Waals surface area contributed by atoms with Crippen LogP contribution >= 0.6 is 0 Å². The Balaban J connectivity index is 2.27. The van der Waals surface area contributed by atoms with Crippen molar-refractivity contribution in [3.05, 3.63) is 0 Å². The van der Waals surface area contributed by atoms with Gasteiger partial charge in [0.05, 0.1) is 0 Å². The maximum absolute atomic E-state index is 9.73. The molecule has 7 heavy (non-hydrogen) atoms. The highest BCUT2D eigenvalue weighted by atomic mass is 16.9. The number of carboxylic acids is 1. The average molecular weight is 104 g/mol. The van der Waals surface area contributed by atoms with Crippen LogP contribution in [0.1, 0.15) is 0 Å². The molecule has 0 spiro atoms. The molecule has 0 saturated carbocycles. The van der Waals surface area contributed by atoms with E-state index in [9.17, 15) is 4.79 Å². The third-order valence-corrected chi connectivity index (χ3v) is 0.640. The largest absolute Gasteiger partial charge is 0.477 e. The molecule has 0 atom stereocenters. The van der Waals surface area contributed by atoms with Crippen molar-refractivity contribution < 1.29 is 19.4 Å². The summed E-state index contributed by atoms with van der Waals surface area (Å²) in [5, 5.41) is 7.98. The van der Waals surface area contributed by atoms with Crippen LogP contribution in [-0.2, 0) is 14.3 Å². The quantitative estimate of drug-likeness (QED) is 0.482. The van der Waals surface area contributed by atoms with Crippen molar-refractivity contribution >= 4 is 5.97 Å². The lowest BCUT2D eigenvalue weighted by atomic mass is 10.6. The van der Waals surface area contributed by atoms with Crippen molar-refractivity contribution in [2.75, 3.05) is 6.79 Å². The van der Waals surface area contributed by atoms with Gasteiger partial charge in [0.1, 0.15) is 0 Å². The summed E-state index contributed by atoms with van der Waals surface area (Å²) >= 11 is 0. The van der Waals surface area contributed by atoms with Gasteiger partial charge in [-0.1, -0.05) is 0 Å². The fourth-order valence-electron chi connectivity index (χ4n) is 0.279. The molecule has 0 bridgehead atoms. The third-order valence-electron chi connectivity index (χ3n) is 0.640. The minimum atomic E-state index is -1.06. The Morgan fingerprint density at radius 2 is 2.29 bits per heavy atom. The zero-order valence-electron chi connectivity index (χ0n) is 3.46. The fourth-order valence-corrected chi connectivity index (χ4v) is 0.279. The highest BCUT2D eigenvalue weighted by Crippen LogP contribution is 2.04. The summed E-state index contributed by atoms with van der Waals surface area (Å²) in [6.07, 6.45) is -1.00. The van der Waals surface area contributed by atoms with Crippen LogP contribution in [0.25, 0.3) is 0 Å². The highest BCUT2D eigenvalue weighted by Gasteiger charge is 2.26. The van der Waals surface area contributed by atoms with Crippen LogP contribution in [0, 0.1) is 0 Å². The monoisotopic (exact) mass is 104 g/mol. The molecule has 1 heterocycles. The number of carboxylic acid groups (broad SMARTS) is 1. The van der Waals surface area contributed by atoms with Crippen molar-refractivity contribution in [1.29, 1.82) is 0 Å².